The van der Waals surface area contributed by atoms with Crippen molar-refractivity contribution in [2.75, 3.05) is 39.3 Å². The average Bonchev–Trinajstić information content (AvgIpc) is 3.11. The van der Waals surface area contributed by atoms with Crippen molar-refractivity contribution in [3.63, 3.8) is 0 Å². The predicted molar refractivity (Wildman–Crippen MR) is 223 cm³/mol. The van der Waals surface area contributed by atoms with Crippen LogP contribution in [0.3, 0.4) is 0 Å². The molecule has 284 valence electrons. The topological polar surface area (TPSA) is 78.4 Å². The van der Waals surface area contributed by atoms with Crippen molar-refractivity contribution >= 4 is 48.3 Å². The Kier molecular flexibility index (Phi) is 12.8. The lowest BCUT2D eigenvalue weighted by atomic mass is 9.67. The molecular weight excluding hydrogens is 740 g/mol. The zero-order valence-electron chi connectivity index (χ0n) is 30.5. The first-order valence-corrected chi connectivity index (χ1v) is 20.8. The van der Waals surface area contributed by atoms with Gasteiger partial charge in [-0.15, -0.1) is 24.8 Å². The van der Waals surface area contributed by atoms with E-state index in [0.29, 0.717) is 11.5 Å². The normalized spacial score (nSPS) is 21.0. The van der Waals surface area contributed by atoms with E-state index in [9.17, 15) is 10.2 Å². The first-order chi connectivity index (χ1) is 24.5. The summed E-state index contributed by atoms with van der Waals surface area (Å²) >= 11 is 3.47. The molecule has 0 aromatic heterocycles. The second kappa shape index (κ2) is 16.8. The number of hydrogen-bond acceptors (Lipinski definition) is 6. The number of hydrogen-bond donors (Lipinski definition) is 2. The van der Waals surface area contributed by atoms with Gasteiger partial charge in [-0.25, -0.2) is 0 Å². The third-order valence-electron chi connectivity index (χ3n) is 13.2. The molecular formula is C44H54Cl2N2O3S2. The molecule has 53 heavy (non-hydrogen) atoms. The number of likely N-dealkylation sites (tertiary alicyclic amines) is 2. The standard InChI is InChI=1S/2C22H25NOS.2ClH.H2O/c2*24-19-9-4-8-18-21(19)25-20-10-2-1-7-17(20)22(18)11-13-23(14-12-22)15-16-5-3-6-16;;;/h2*1-2,4,7-10,16,24H,3,5-6,11-15H2;2*1H;1H2. The van der Waals surface area contributed by atoms with Crippen LogP contribution in [0.25, 0.3) is 0 Å². The van der Waals surface area contributed by atoms with Gasteiger partial charge in [0.05, 0.1) is 9.79 Å². The predicted octanol–water partition coefficient (Wildman–Crippen LogP) is 10.1. The molecule has 2 saturated heterocycles. The van der Waals surface area contributed by atoms with Crippen LogP contribution in [-0.4, -0.2) is 64.8 Å². The summed E-state index contributed by atoms with van der Waals surface area (Å²) in [5, 5.41) is 21.0. The maximum Gasteiger partial charge on any atom is 0.129 e. The quantitative estimate of drug-likeness (QED) is 0.214. The number of halogens is 2. The Labute approximate surface area is 336 Å². The van der Waals surface area contributed by atoms with Crippen LogP contribution in [0.5, 0.6) is 11.5 Å². The second-order valence-electron chi connectivity index (χ2n) is 15.9. The monoisotopic (exact) mass is 792 g/mol. The molecule has 4 heterocycles. The lowest BCUT2D eigenvalue weighted by Gasteiger charge is -2.47. The Hall–Kier alpha value is -2.36. The molecule has 4 aromatic carbocycles. The molecule has 9 heteroatoms. The molecule has 6 aliphatic rings. The summed E-state index contributed by atoms with van der Waals surface area (Å²) < 4.78 is 0. The van der Waals surface area contributed by atoms with E-state index in [2.05, 4.69) is 70.5 Å². The Morgan fingerprint density at radius 1 is 0.509 bits per heavy atom. The van der Waals surface area contributed by atoms with Crippen LogP contribution < -0.4 is 0 Å². The molecule has 2 spiro atoms. The van der Waals surface area contributed by atoms with E-state index in [0.717, 1.165) is 47.3 Å². The third kappa shape index (κ3) is 7.37. The maximum absolute atomic E-state index is 10.5. The van der Waals surface area contributed by atoms with Gasteiger partial charge in [-0.05, 0) is 136 Å². The summed E-state index contributed by atoms with van der Waals surface area (Å²) in [6, 6.07) is 29.9. The van der Waals surface area contributed by atoms with Gasteiger partial charge in [0.1, 0.15) is 11.5 Å². The highest BCUT2D eigenvalue weighted by Gasteiger charge is 2.45. The lowest BCUT2D eigenvalue weighted by Crippen LogP contribution is -2.46. The lowest BCUT2D eigenvalue weighted by molar-refractivity contribution is 0.126. The van der Waals surface area contributed by atoms with E-state index in [4.69, 9.17) is 0 Å². The highest BCUT2D eigenvalue weighted by Crippen LogP contribution is 2.57. The summed E-state index contributed by atoms with van der Waals surface area (Å²) in [6.07, 6.45) is 13.2. The number of aromatic hydroxyl groups is 2. The number of phenolic OH excluding ortho intramolecular Hbond substituents is 2. The van der Waals surface area contributed by atoms with Crippen molar-refractivity contribution in [2.24, 2.45) is 11.8 Å². The molecule has 0 radical (unpaired) electrons. The van der Waals surface area contributed by atoms with Crippen LogP contribution >= 0.6 is 48.3 Å². The zero-order valence-corrected chi connectivity index (χ0v) is 33.7. The molecule has 4 aromatic rings. The van der Waals surface area contributed by atoms with E-state index >= 15 is 0 Å². The van der Waals surface area contributed by atoms with Crippen molar-refractivity contribution in [1.82, 2.24) is 9.80 Å². The van der Waals surface area contributed by atoms with Gasteiger partial charge < -0.3 is 25.5 Å². The van der Waals surface area contributed by atoms with Crippen molar-refractivity contribution in [3.8, 4) is 11.5 Å². The number of piperidine rings is 2. The molecule has 2 aliphatic carbocycles. The van der Waals surface area contributed by atoms with Crippen LogP contribution in [0.1, 0.15) is 86.5 Å². The van der Waals surface area contributed by atoms with E-state index < -0.39 is 0 Å². The van der Waals surface area contributed by atoms with Gasteiger partial charge >= 0.3 is 0 Å². The Morgan fingerprint density at radius 3 is 1.23 bits per heavy atom. The summed E-state index contributed by atoms with van der Waals surface area (Å²) in [4.78, 5) is 10.2. The molecule has 4 fully saturated rings. The van der Waals surface area contributed by atoms with E-state index in [1.165, 1.54) is 110 Å². The van der Waals surface area contributed by atoms with Crippen molar-refractivity contribution in [1.29, 1.82) is 0 Å². The van der Waals surface area contributed by atoms with Gasteiger partial charge in [-0.3, -0.25) is 0 Å². The molecule has 5 nitrogen and oxygen atoms in total. The first kappa shape index (κ1) is 40.3. The van der Waals surface area contributed by atoms with Crippen LogP contribution in [0.15, 0.2) is 105 Å². The van der Waals surface area contributed by atoms with Crippen molar-refractivity contribution in [3.05, 3.63) is 107 Å². The Morgan fingerprint density at radius 2 is 0.868 bits per heavy atom. The van der Waals surface area contributed by atoms with Gasteiger partial charge in [0.15, 0.2) is 0 Å². The number of benzene rings is 4. The Bertz CT molecular complexity index is 1730. The third-order valence-corrected chi connectivity index (χ3v) is 15.6. The van der Waals surface area contributed by atoms with Gasteiger partial charge in [-0.1, -0.05) is 97.0 Å². The smallest absolute Gasteiger partial charge is 0.129 e. The van der Waals surface area contributed by atoms with Crippen LogP contribution in [0.4, 0.5) is 0 Å². The minimum atomic E-state index is 0. The molecule has 10 rings (SSSR count). The fourth-order valence-corrected chi connectivity index (χ4v) is 12.4. The fourth-order valence-electron chi connectivity index (χ4n) is 9.82. The molecule has 0 atom stereocenters. The van der Waals surface area contributed by atoms with Crippen LogP contribution in [0.2, 0.25) is 0 Å². The minimum Gasteiger partial charge on any atom is -0.507 e. The second-order valence-corrected chi connectivity index (χ2v) is 18.0. The molecule has 4 aliphatic heterocycles. The molecule has 0 bridgehead atoms. The van der Waals surface area contributed by atoms with Gasteiger partial charge in [0.2, 0.25) is 0 Å². The van der Waals surface area contributed by atoms with Crippen molar-refractivity contribution in [2.45, 2.75) is 94.6 Å². The van der Waals surface area contributed by atoms with Crippen LogP contribution in [0, 0.1) is 11.8 Å². The summed E-state index contributed by atoms with van der Waals surface area (Å²) in [6.45, 7) is 7.27. The number of rotatable bonds is 4. The summed E-state index contributed by atoms with van der Waals surface area (Å²) in [5.41, 5.74) is 5.79. The van der Waals surface area contributed by atoms with E-state index in [1.807, 2.05) is 24.3 Å². The highest BCUT2D eigenvalue weighted by molar-refractivity contribution is 8.00. The number of fused-ring (bicyclic) bond motifs is 8. The maximum atomic E-state index is 10.5. The number of nitrogens with zero attached hydrogens (tertiary/aromatic N) is 2. The zero-order chi connectivity index (χ0) is 33.7. The first-order valence-electron chi connectivity index (χ1n) is 19.2. The Balaban J connectivity index is 0.000000172. The van der Waals surface area contributed by atoms with E-state index in [-0.39, 0.29) is 41.1 Å². The van der Waals surface area contributed by atoms with Gasteiger partial charge in [-0.2, -0.15) is 0 Å². The minimum absolute atomic E-state index is 0. The van der Waals surface area contributed by atoms with Crippen molar-refractivity contribution < 1.29 is 15.7 Å². The summed E-state index contributed by atoms with van der Waals surface area (Å²) in [5.74, 6) is 2.76. The molecule has 0 amide bonds. The molecule has 4 N–H and O–H groups in total. The largest absolute Gasteiger partial charge is 0.507 e. The fraction of sp³-hybridized carbons (Fsp3) is 0.455. The SMILES string of the molecule is Cl.Cl.O.Oc1cccc2c1Sc1ccccc1C21CCN(CC2CCC2)CC1.Oc1cccc2c1Sc1ccccc1C21CCN(CC2CCC2)CC1. The average molecular weight is 794 g/mol. The van der Waals surface area contributed by atoms with Gasteiger partial charge in [0, 0.05) is 33.7 Å². The number of phenols is 2. The van der Waals surface area contributed by atoms with Crippen LogP contribution in [-0.2, 0) is 10.8 Å². The summed E-state index contributed by atoms with van der Waals surface area (Å²) in [7, 11) is 0. The van der Waals surface area contributed by atoms with E-state index in [1.54, 1.807) is 23.5 Å². The van der Waals surface area contributed by atoms with Gasteiger partial charge in [0.25, 0.3) is 0 Å². The molecule has 0 unspecified atom stereocenters. The highest BCUT2D eigenvalue weighted by atomic mass is 35.5. The molecule has 2 saturated carbocycles.